The number of piperazine rings is 1. The Kier molecular flexibility index (Phi) is 7.00. The molecule has 2 amide bonds. The number of anilines is 2. The van der Waals surface area contributed by atoms with Gasteiger partial charge >= 0.3 is 18.2 Å². The van der Waals surface area contributed by atoms with Crippen molar-refractivity contribution in [3.8, 4) is 35.5 Å². The lowest BCUT2D eigenvalue weighted by molar-refractivity contribution is 0.0634. The van der Waals surface area contributed by atoms with Crippen molar-refractivity contribution in [1.82, 2.24) is 19.9 Å². The Balaban J connectivity index is 1.46. The zero-order valence-electron chi connectivity index (χ0n) is 26.5. The molecule has 2 bridgehead atoms. The highest BCUT2D eigenvalue weighted by atomic mass is 19.1. The number of ether oxygens (including phenoxy) is 3. The average molecular weight is 641 g/mol. The number of amides is 2. The van der Waals surface area contributed by atoms with Crippen molar-refractivity contribution in [3.05, 3.63) is 41.7 Å². The van der Waals surface area contributed by atoms with Gasteiger partial charge in [-0.3, -0.25) is 10.2 Å². The minimum absolute atomic E-state index is 0.0645. The summed E-state index contributed by atoms with van der Waals surface area (Å²) in [4.78, 5) is 42.4. The topological polar surface area (TPSA) is 139 Å². The fourth-order valence-electron chi connectivity index (χ4n) is 7.22. The maximum Gasteiger partial charge on any atom is 0.412 e. The summed E-state index contributed by atoms with van der Waals surface area (Å²) in [5.41, 5.74) is 0.189. The summed E-state index contributed by atoms with van der Waals surface area (Å²) in [7, 11) is 1.40. The molecule has 0 spiro atoms. The molecule has 2 fully saturated rings. The van der Waals surface area contributed by atoms with E-state index in [1.165, 1.54) is 12.0 Å². The van der Waals surface area contributed by atoms with Gasteiger partial charge in [-0.2, -0.15) is 9.97 Å². The van der Waals surface area contributed by atoms with Crippen LogP contribution in [0, 0.1) is 18.2 Å². The van der Waals surface area contributed by atoms with Gasteiger partial charge in [-0.1, -0.05) is 18.1 Å². The summed E-state index contributed by atoms with van der Waals surface area (Å²) >= 11 is 0. The van der Waals surface area contributed by atoms with Gasteiger partial charge in [-0.25, -0.2) is 19.0 Å². The lowest BCUT2D eigenvalue weighted by Gasteiger charge is -2.47. The monoisotopic (exact) mass is 640 g/mol. The van der Waals surface area contributed by atoms with E-state index in [0.717, 1.165) is 0 Å². The van der Waals surface area contributed by atoms with Crippen LogP contribution in [0.5, 0.6) is 11.9 Å². The predicted octanol–water partition coefficient (Wildman–Crippen LogP) is 5.80. The second-order valence-electron chi connectivity index (χ2n) is 13.0. The van der Waals surface area contributed by atoms with E-state index in [2.05, 4.69) is 21.2 Å². The van der Waals surface area contributed by atoms with Crippen molar-refractivity contribution in [2.75, 3.05) is 23.9 Å². The van der Waals surface area contributed by atoms with Crippen LogP contribution in [0.3, 0.4) is 0 Å². The maximum atomic E-state index is 17.0. The number of carboxylic acid groups (broad SMARTS) is 1. The first-order chi connectivity index (χ1) is 22.4. The van der Waals surface area contributed by atoms with Gasteiger partial charge in [0.2, 0.25) is 5.88 Å². The highest BCUT2D eigenvalue weighted by Gasteiger charge is 2.53. The van der Waals surface area contributed by atoms with Crippen LogP contribution in [0.4, 0.5) is 25.5 Å². The van der Waals surface area contributed by atoms with Crippen molar-refractivity contribution < 1.29 is 33.3 Å². The van der Waals surface area contributed by atoms with Gasteiger partial charge in [0.15, 0.2) is 5.82 Å². The first-order valence-electron chi connectivity index (χ1n) is 15.3. The predicted molar refractivity (Wildman–Crippen MR) is 172 cm³/mol. The highest BCUT2D eigenvalue weighted by molar-refractivity contribution is 6.06. The Morgan fingerprint density at radius 1 is 1.17 bits per heavy atom. The molecular weight excluding hydrogens is 607 g/mol. The van der Waals surface area contributed by atoms with Crippen LogP contribution in [0.1, 0.15) is 46.1 Å². The molecule has 4 atom stereocenters. The second-order valence-corrected chi connectivity index (χ2v) is 13.0. The number of hydrogen-bond donors (Lipinski definition) is 2. The number of aromatic nitrogens is 3. The molecule has 242 valence electrons. The van der Waals surface area contributed by atoms with Crippen LogP contribution in [-0.4, -0.2) is 80.6 Å². The van der Waals surface area contributed by atoms with Crippen molar-refractivity contribution in [3.63, 3.8) is 0 Å². The van der Waals surface area contributed by atoms with Crippen molar-refractivity contribution >= 4 is 45.4 Å². The van der Waals surface area contributed by atoms with Gasteiger partial charge in [0.05, 0.1) is 25.2 Å². The Labute approximate surface area is 269 Å². The number of rotatable bonds is 3. The highest BCUT2D eigenvalue weighted by Crippen LogP contribution is 2.47. The number of nitrogens with one attached hydrogen (secondary N) is 1. The fraction of sp³-hybridized carbons (Fsp3) is 0.382. The molecule has 2 aromatic carbocycles. The molecule has 0 radical (unpaired) electrons. The van der Waals surface area contributed by atoms with Gasteiger partial charge in [-0.05, 0) is 64.1 Å². The number of nitrogens with zero attached hydrogens (tertiary/aromatic N) is 5. The molecule has 4 unspecified atom stereocenters. The number of pyridine rings is 1. The first-order valence-corrected chi connectivity index (χ1v) is 15.3. The van der Waals surface area contributed by atoms with Gasteiger partial charge < -0.3 is 24.2 Å². The number of hydrogen-bond acceptors (Lipinski definition) is 9. The molecule has 0 saturated carbocycles. The normalized spacial score (nSPS) is 21.5. The number of carbonyl (C=O) groups excluding carboxylic acids is 1. The number of halogens is 1. The van der Waals surface area contributed by atoms with E-state index >= 15 is 4.39 Å². The van der Waals surface area contributed by atoms with Crippen LogP contribution in [0.2, 0.25) is 0 Å². The van der Waals surface area contributed by atoms with E-state index in [0.29, 0.717) is 52.8 Å². The van der Waals surface area contributed by atoms with Crippen molar-refractivity contribution in [2.45, 2.75) is 70.4 Å². The molecule has 2 N–H and O–H groups in total. The summed E-state index contributed by atoms with van der Waals surface area (Å²) < 4.78 is 34.4. The SMILES string of the molecule is C#Cc1cccc2cc(NC(=O)OC(C)(C)C)cc(-c3nc4c5c(nc(OC)nc5c3F)N3CC5CCC(C3C(C)O4)N5C(=O)O)c12. The molecule has 5 heterocycles. The zero-order valence-corrected chi connectivity index (χ0v) is 26.5. The third-order valence-corrected chi connectivity index (χ3v) is 8.91. The smallest absolute Gasteiger partial charge is 0.412 e. The molecule has 4 aromatic rings. The molecule has 2 aromatic heterocycles. The van der Waals surface area contributed by atoms with E-state index in [1.54, 1.807) is 51.1 Å². The van der Waals surface area contributed by atoms with E-state index in [1.807, 2.05) is 11.8 Å². The summed E-state index contributed by atoms with van der Waals surface area (Å²) in [6, 6.07) is 7.51. The number of benzene rings is 2. The van der Waals surface area contributed by atoms with E-state index in [-0.39, 0.29) is 40.6 Å². The Hall–Kier alpha value is -5.38. The largest absolute Gasteiger partial charge is 0.472 e. The minimum atomic E-state index is -0.987. The third-order valence-electron chi connectivity index (χ3n) is 8.91. The number of terminal acetylenes is 1. The quantitative estimate of drug-likeness (QED) is 0.264. The molecule has 12 nitrogen and oxygen atoms in total. The standard InChI is InChI=1S/C34H33FN6O6/c1-7-17-9-8-10-18-13-19(36-32(42)47-34(3,4)5)14-21(23(17)18)26-25(35)27-24-29(39-31(38-27)45-6)40-15-20-11-12-22(41(20)33(43)44)28(40)16(2)46-30(24)37-26/h1,8-10,13-14,16,20,22,28H,11-12,15H2,2-6H3,(H,36,42)(H,43,44). The van der Waals surface area contributed by atoms with Gasteiger partial charge in [0.25, 0.3) is 0 Å². The number of carbonyl (C=O) groups is 2. The first kappa shape index (κ1) is 30.3. The lowest BCUT2D eigenvalue weighted by atomic mass is 9.95. The van der Waals surface area contributed by atoms with E-state index in [9.17, 15) is 14.7 Å². The number of fused-ring (bicyclic) bond motifs is 6. The molecule has 3 aliphatic rings. The average Bonchev–Trinajstić information content (AvgIpc) is 3.27. The van der Waals surface area contributed by atoms with E-state index < -0.39 is 35.8 Å². The second kappa shape index (κ2) is 10.9. The van der Waals surface area contributed by atoms with Crippen molar-refractivity contribution in [1.29, 1.82) is 0 Å². The molecule has 0 aliphatic carbocycles. The summed E-state index contributed by atoms with van der Waals surface area (Å²) in [5.74, 6) is 2.36. The molecule has 2 saturated heterocycles. The summed E-state index contributed by atoms with van der Waals surface area (Å²) in [6.45, 7) is 7.45. The third kappa shape index (κ3) is 4.95. The van der Waals surface area contributed by atoms with Crippen LogP contribution >= 0.6 is 0 Å². The Morgan fingerprint density at radius 3 is 2.66 bits per heavy atom. The fourth-order valence-corrected chi connectivity index (χ4v) is 7.22. The minimum Gasteiger partial charge on any atom is -0.472 e. The molecular formula is C34H33FN6O6. The maximum absolute atomic E-state index is 17.0. The Morgan fingerprint density at radius 2 is 1.96 bits per heavy atom. The molecule has 13 heteroatoms. The summed E-state index contributed by atoms with van der Waals surface area (Å²) in [6.07, 6.45) is 5.01. The van der Waals surface area contributed by atoms with Crippen LogP contribution in [0.15, 0.2) is 30.3 Å². The van der Waals surface area contributed by atoms with Crippen LogP contribution in [0.25, 0.3) is 32.9 Å². The van der Waals surface area contributed by atoms with Crippen LogP contribution in [-0.2, 0) is 4.74 Å². The molecule has 7 rings (SSSR count). The molecule has 47 heavy (non-hydrogen) atoms. The lowest BCUT2D eigenvalue weighted by Crippen LogP contribution is -2.64. The van der Waals surface area contributed by atoms with Gasteiger partial charge in [0, 0.05) is 28.7 Å². The van der Waals surface area contributed by atoms with E-state index in [4.69, 9.17) is 25.6 Å². The van der Waals surface area contributed by atoms with Gasteiger partial charge in [0.1, 0.15) is 34.1 Å². The van der Waals surface area contributed by atoms with Crippen LogP contribution < -0.4 is 19.7 Å². The number of methoxy groups -OCH3 is 1. The zero-order chi connectivity index (χ0) is 33.4. The Bertz CT molecular complexity index is 2020. The van der Waals surface area contributed by atoms with Crippen molar-refractivity contribution in [2.24, 2.45) is 0 Å². The van der Waals surface area contributed by atoms with Gasteiger partial charge in [-0.15, -0.1) is 6.42 Å². The molecule has 3 aliphatic heterocycles. The summed E-state index contributed by atoms with van der Waals surface area (Å²) in [5, 5.41) is 14.2.